The molecule has 0 radical (unpaired) electrons. The first-order chi connectivity index (χ1) is 5.71. The Balaban J connectivity index is 0. The summed E-state index contributed by atoms with van der Waals surface area (Å²) in [6.45, 7) is 0. The molecule has 0 bridgehead atoms. The Morgan fingerprint density at radius 2 is 1.00 bits per heavy atom. The summed E-state index contributed by atoms with van der Waals surface area (Å²) >= 11 is 0. The van der Waals surface area contributed by atoms with Gasteiger partial charge in [-0.15, -0.1) is 0 Å². The van der Waals surface area contributed by atoms with Crippen LogP contribution < -0.4 is 0 Å². The average Bonchev–Trinajstić information content (AvgIpc) is 1.81. The van der Waals surface area contributed by atoms with Crippen LogP contribution in [-0.2, 0) is 20.2 Å². The van der Waals surface area contributed by atoms with Gasteiger partial charge in [-0.1, -0.05) is 6.42 Å². The molecule has 0 aromatic carbocycles. The minimum absolute atomic E-state index is 0. The first kappa shape index (κ1) is 16.8. The number of rotatable bonds is 6. The monoisotopic (exact) mass is 240 g/mol. The SMILES string of the molecule is O=S(=O)(O)CCCCCS(=O)(=O)O.[LiH]. The number of unbranched alkanes of at least 4 members (excludes halogenated alkanes) is 2. The van der Waals surface area contributed by atoms with Crippen LogP contribution in [0.4, 0.5) is 0 Å². The van der Waals surface area contributed by atoms with Crippen LogP contribution in [0.3, 0.4) is 0 Å². The van der Waals surface area contributed by atoms with Gasteiger partial charge in [-0.25, -0.2) is 0 Å². The first-order valence-corrected chi connectivity index (χ1v) is 6.83. The van der Waals surface area contributed by atoms with Crippen LogP contribution in [0.15, 0.2) is 0 Å². The van der Waals surface area contributed by atoms with Crippen LogP contribution in [0, 0.1) is 0 Å². The second-order valence-electron chi connectivity index (χ2n) is 2.63. The molecule has 0 saturated heterocycles. The summed E-state index contributed by atoms with van der Waals surface area (Å²) in [6.07, 6.45) is 0.711. The minimum atomic E-state index is -3.95. The van der Waals surface area contributed by atoms with Crippen molar-refractivity contribution in [2.24, 2.45) is 0 Å². The molecule has 0 fully saturated rings. The van der Waals surface area contributed by atoms with Crippen LogP contribution in [0.1, 0.15) is 19.3 Å². The summed E-state index contributed by atoms with van der Waals surface area (Å²) in [5.74, 6) is -0.753. The Hall–Kier alpha value is 0.417. The molecular formula is C5H13LiO6S2. The zero-order chi connectivity index (χ0) is 10.5. The van der Waals surface area contributed by atoms with Gasteiger partial charge in [-0.2, -0.15) is 16.8 Å². The van der Waals surface area contributed by atoms with Crippen molar-refractivity contribution in [2.75, 3.05) is 11.5 Å². The molecule has 0 aliphatic rings. The van der Waals surface area contributed by atoms with E-state index in [9.17, 15) is 16.8 Å². The fourth-order valence-electron chi connectivity index (χ4n) is 0.746. The third kappa shape index (κ3) is 14.9. The molecule has 0 rings (SSSR count). The summed E-state index contributed by atoms with van der Waals surface area (Å²) in [5, 5.41) is 0. The molecule has 0 spiro atoms. The van der Waals surface area contributed by atoms with Crippen molar-refractivity contribution in [2.45, 2.75) is 19.3 Å². The van der Waals surface area contributed by atoms with Gasteiger partial charge >= 0.3 is 18.9 Å². The van der Waals surface area contributed by atoms with Crippen LogP contribution >= 0.6 is 0 Å². The van der Waals surface area contributed by atoms with E-state index < -0.39 is 20.2 Å². The summed E-state index contributed by atoms with van der Waals surface area (Å²) in [4.78, 5) is 0. The Labute approximate surface area is 95.8 Å². The van der Waals surface area contributed by atoms with E-state index in [1.165, 1.54) is 0 Å². The summed E-state index contributed by atoms with van der Waals surface area (Å²) in [6, 6.07) is 0. The van der Waals surface area contributed by atoms with Crippen molar-refractivity contribution in [3.05, 3.63) is 0 Å². The normalized spacial score (nSPS) is 12.1. The summed E-state index contributed by atoms with van der Waals surface area (Å²) in [7, 11) is -7.90. The molecule has 6 nitrogen and oxygen atoms in total. The van der Waals surface area contributed by atoms with Gasteiger partial charge in [0.1, 0.15) is 0 Å². The van der Waals surface area contributed by atoms with Gasteiger partial charge in [-0.3, -0.25) is 9.11 Å². The fraction of sp³-hybridized carbons (Fsp3) is 1.00. The van der Waals surface area contributed by atoms with Gasteiger partial charge in [0, 0.05) is 0 Å². The molecule has 0 amide bonds. The second kappa shape index (κ2) is 6.82. The average molecular weight is 240 g/mol. The van der Waals surface area contributed by atoms with E-state index in [-0.39, 0.29) is 43.2 Å². The van der Waals surface area contributed by atoms with Crippen LogP contribution in [-0.4, -0.2) is 56.3 Å². The molecule has 0 aliphatic carbocycles. The quantitative estimate of drug-likeness (QED) is 0.360. The molecular weight excluding hydrogens is 227 g/mol. The van der Waals surface area contributed by atoms with Crippen LogP contribution in [0.5, 0.6) is 0 Å². The van der Waals surface area contributed by atoms with Crippen molar-refractivity contribution in [1.29, 1.82) is 0 Å². The Morgan fingerprint density at radius 3 is 1.21 bits per heavy atom. The predicted molar refractivity (Wildman–Crippen MR) is 53.8 cm³/mol. The van der Waals surface area contributed by atoms with E-state index in [1.54, 1.807) is 0 Å². The molecule has 0 saturated carbocycles. The van der Waals surface area contributed by atoms with Gasteiger partial charge in [0.15, 0.2) is 0 Å². The molecule has 14 heavy (non-hydrogen) atoms. The molecule has 0 aromatic rings. The fourth-order valence-corrected chi connectivity index (χ4v) is 1.88. The van der Waals surface area contributed by atoms with Gasteiger partial charge in [0.2, 0.25) is 0 Å². The summed E-state index contributed by atoms with van der Waals surface area (Å²) < 4.78 is 57.3. The molecule has 0 aliphatic heterocycles. The van der Waals surface area contributed by atoms with E-state index in [4.69, 9.17) is 9.11 Å². The van der Waals surface area contributed by atoms with Crippen LogP contribution in [0.2, 0.25) is 0 Å². The molecule has 0 heterocycles. The van der Waals surface area contributed by atoms with Crippen molar-refractivity contribution >= 4 is 39.1 Å². The maximum absolute atomic E-state index is 10.2. The Bertz CT molecular complexity index is 297. The van der Waals surface area contributed by atoms with Crippen LogP contribution in [0.25, 0.3) is 0 Å². The topological polar surface area (TPSA) is 109 Å². The summed E-state index contributed by atoms with van der Waals surface area (Å²) in [5.41, 5.74) is 0. The van der Waals surface area contributed by atoms with Crippen molar-refractivity contribution in [1.82, 2.24) is 0 Å². The van der Waals surface area contributed by atoms with E-state index >= 15 is 0 Å². The zero-order valence-corrected chi connectivity index (χ0v) is 8.51. The van der Waals surface area contributed by atoms with Crippen molar-refractivity contribution < 1.29 is 25.9 Å². The van der Waals surface area contributed by atoms with Crippen molar-refractivity contribution in [3.8, 4) is 0 Å². The Kier molecular flexibility index (Phi) is 8.20. The third-order valence-corrected chi connectivity index (χ3v) is 2.91. The molecule has 9 heteroatoms. The first-order valence-electron chi connectivity index (χ1n) is 3.61. The molecule has 0 unspecified atom stereocenters. The predicted octanol–water partition coefficient (Wildman–Crippen LogP) is -0.716. The maximum atomic E-state index is 10.2. The second-order valence-corrected chi connectivity index (χ2v) is 5.78. The van der Waals surface area contributed by atoms with E-state index in [2.05, 4.69) is 0 Å². The Morgan fingerprint density at radius 1 is 0.714 bits per heavy atom. The number of hydrogen-bond donors (Lipinski definition) is 2. The van der Waals surface area contributed by atoms with Gasteiger partial charge in [-0.05, 0) is 12.8 Å². The van der Waals surface area contributed by atoms with E-state index in [0.29, 0.717) is 6.42 Å². The van der Waals surface area contributed by atoms with Crippen molar-refractivity contribution in [3.63, 3.8) is 0 Å². The standard InChI is InChI=1S/C5H12O6S2.Li.H/c6-12(7,8)4-2-1-3-5-13(9,10)11;;/h1-5H2,(H,6,7,8)(H,9,10,11);;. The van der Waals surface area contributed by atoms with Gasteiger partial charge in [0.25, 0.3) is 20.2 Å². The van der Waals surface area contributed by atoms with Gasteiger partial charge < -0.3 is 0 Å². The number of hydrogen-bond acceptors (Lipinski definition) is 4. The van der Waals surface area contributed by atoms with E-state index in [0.717, 1.165) is 0 Å². The van der Waals surface area contributed by atoms with Gasteiger partial charge in [0.05, 0.1) is 11.5 Å². The molecule has 2 N–H and O–H groups in total. The van der Waals surface area contributed by atoms with E-state index in [1.807, 2.05) is 0 Å². The zero-order valence-electron chi connectivity index (χ0n) is 6.88. The third-order valence-electron chi connectivity index (χ3n) is 1.30. The molecule has 0 atom stereocenters. The molecule has 82 valence electrons. The molecule has 0 aromatic heterocycles.